The van der Waals surface area contributed by atoms with Crippen molar-refractivity contribution in [1.29, 1.82) is 0 Å². The van der Waals surface area contributed by atoms with Gasteiger partial charge in [-0.05, 0) is 35.4 Å². The molecule has 1 fully saturated rings. The van der Waals surface area contributed by atoms with Crippen LogP contribution in [-0.2, 0) is 20.5 Å². The quantitative estimate of drug-likeness (QED) is 0.502. The number of carbonyl (C=O) groups is 3. The predicted molar refractivity (Wildman–Crippen MR) is 104 cm³/mol. The number of hydrogen-bond acceptors (Lipinski definition) is 5. The fourth-order valence-electron chi connectivity index (χ4n) is 3.78. The van der Waals surface area contributed by atoms with Crippen molar-refractivity contribution >= 4 is 23.5 Å². The van der Waals surface area contributed by atoms with Gasteiger partial charge in [0.25, 0.3) is 11.8 Å². The average Bonchev–Trinajstić information content (AvgIpc) is 2.87. The van der Waals surface area contributed by atoms with Gasteiger partial charge in [-0.1, -0.05) is 18.2 Å². The zero-order valence-corrected chi connectivity index (χ0v) is 17.0. The molecule has 0 spiro atoms. The summed E-state index contributed by atoms with van der Waals surface area (Å²) in [5.74, 6) is -4.19. The Bertz CT molecular complexity index is 1160. The second-order valence-corrected chi connectivity index (χ2v) is 7.55. The van der Waals surface area contributed by atoms with E-state index in [1.165, 1.54) is 30.3 Å². The highest BCUT2D eigenvalue weighted by Gasteiger charge is 2.48. The van der Waals surface area contributed by atoms with Crippen LogP contribution >= 0.6 is 0 Å². The van der Waals surface area contributed by atoms with Gasteiger partial charge in [-0.25, -0.2) is 4.79 Å². The second-order valence-electron chi connectivity index (χ2n) is 7.55. The van der Waals surface area contributed by atoms with E-state index in [0.717, 1.165) is 17.0 Å². The van der Waals surface area contributed by atoms with Crippen LogP contribution in [0.5, 0.6) is 0 Å². The molecule has 0 aromatic heterocycles. The number of fused-ring (bicyclic) bond motifs is 2. The van der Waals surface area contributed by atoms with Gasteiger partial charge in [0.15, 0.2) is 12.3 Å². The van der Waals surface area contributed by atoms with Crippen LogP contribution in [0.15, 0.2) is 42.5 Å². The maximum absolute atomic E-state index is 13.2. The topological polar surface area (TPSA) is 87.7 Å². The first-order chi connectivity index (χ1) is 15.9. The number of piperazine rings is 1. The molecular weight excluding hydrogens is 472 g/mol. The predicted octanol–water partition coefficient (Wildman–Crippen LogP) is 3.17. The molecule has 34 heavy (non-hydrogen) atoms. The fraction of sp³-hybridized carbons (Fsp3) is 0.286. The van der Waals surface area contributed by atoms with Crippen molar-refractivity contribution in [1.82, 2.24) is 10.2 Å². The van der Waals surface area contributed by atoms with Gasteiger partial charge in [0, 0.05) is 13.1 Å². The number of esters is 1. The Hall–Kier alpha value is -3.61. The minimum absolute atomic E-state index is 0.0148. The Balaban J connectivity index is 1.68. The van der Waals surface area contributed by atoms with Crippen LogP contribution in [0.4, 0.5) is 32.0 Å². The molecule has 0 saturated carbocycles. The molecule has 0 radical (unpaired) electrons. The Labute approximate surface area is 187 Å². The molecule has 0 bridgehead atoms. The Morgan fingerprint density at radius 3 is 2.38 bits per heavy atom. The highest BCUT2D eigenvalue weighted by Crippen LogP contribution is 2.34. The van der Waals surface area contributed by atoms with Crippen molar-refractivity contribution < 1.29 is 45.5 Å². The normalized spacial score (nSPS) is 20.7. The first kappa shape index (κ1) is 23.5. The van der Waals surface area contributed by atoms with E-state index in [1.807, 2.05) is 0 Å². The zero-order chi connectivity index (χ0) is 24.8. The number of alkyl halides is 6. The van der Waals surface area contributed by atoms with Gasteiger partial charge in [-0.2, -0.15) is 26.3 Å². The lowest BCUT2D eigenvalue weighted by Gasteiger charge is -2.38. The van der Waals surface area contributed by atoms with E-state index < -0.39 is 48.0 Å². The first-order valence-electron chi connectivity index (χ1n) is 9.81. The summed E-state index contributed by atoms with van der Waals surface area (Å²) in [5, 5.41) is 4.89. The lowest BCUT2D eigenvalue weighted by Crippen LogP contribution is -2.64. The maximum atomic E-state index is 13.2. The molecule has 2 aliphatic rings. The molecule has 2 aromatic carbocycles. The largest absolute Gasteiger partial charge is 0.490 e. The van der Waals surface area contributed by atoms with Gasteiger partial charge < -0.3 is 15.0 Å². The molecule has 0 aliphatic carbocycles. The molecule has 180 valence electrons. The third-order valence-electron chi connectivity index (χ3n) is 5.35. The summed E-state index contributed by atoms with van der Waals surface area (Å²) >= 11 is 0. The van der Waals surface area contributed by atoms with Crippen LogP contribution in [0.1, 0.15) is 15.9 Å². The number of nitrogens with zero attached hydrogens (tertiary/aromatic N) is 1. The summed E-state index contributed by atoms with van der Waals surface area (Å²) in [5.41, 5.74) is -0.540. The number of amides is 2. The van der Waals surface area contributed by atoms with Crippen LogP contribution in [0.25, 0.3) is 11.1 Å². The number of hydrogen-bond donors (Lipinski definition) is 2. The molecule has 1 saturated heterocycles. The fourth-order valence-corrected chi connectivity index (χ4v) is 3.78. The SMILES string of the molecule is O=C1Nc2ccc(-c3cccc(C(F)(F)F)c3)cc2C(=O)N2CCNC(OC(=O)C(F)(F)F)[C@@H]12. The standard InChI is InChI=1S/C21H15F6N3O4/c22-20(23,24)12-3-1-2-10(8-12)11-4-5-14-13(9-11)18(32)30-7-6-28-17(15(30)16(31)29-14)34-19(33)21(25,26)27/h1-5,8-9,15,17,28H,6-7H2,(H,29,31)/t15-,17?/m1/s1. The monoisotopic (exact) mass is 487 g/mol. The Morgan fingerprint density at radius 2 is 1.71 bits per heavy atom. The third kappa shape index (κ3) is 4.42. The van der Waals surface area contributed by atoms with E-state index in [2.05, 4.69) is 15.4 Å². The Morgan fingerprint density at radius 1 is 1.00 bits per heavy atom. The van der Waals surface area contributed by atoms with Crippen molar-refractivity contribution in [3.63, 3.8) is 0 Å². The van der Waals surface area contributed by atoms with Crippen LogP contribution in [-0.4, -0.2) is 54.2 Å². The van der Waals surface area contributed by atoms with Gasteiger partial charge >= 0.3 is 18.3 Å². The van der Waals surface area contributed by atoms with Crippen LogP contribution in [0.3, 0.4) is 0 Å². The van der Waals surface area contributed by atoms with Crippen molar-refractivity contribution in [3.8, 4) is 11.1 Å². The second kappa shape index (κ2) is 8.31. The summed E-state index contributed by atoms with van der Waals surface area (Å²) < 4.78 is 81.6. The van der Waals surface area contributed by atoms with E-state index in [1.54, 1.807) is 0 Å². The minimum atomic E-state index is -5.31. The number of carbonyl (C=O) groups excluding carboxylic acids is 3. The Kier molecular flexibility index (Phi) is 5.75. The van der Waals surface area contributed by atoms with Crippen molar-refractivity contribution in [3.05, 3.63) is 53.6 Å². The number of rotatable bonds is 2. The summed E-state index contributed by atoms with van der Waals surface area (Å²) in [7, 11) is 0. The highest BCUT2D eigenvalue weighted by molar-refractivity contribution is 6.10. The summed E-state index contributed by atoms with van der Waals surface area (Å²) in [6.45, 7) is -0.168. The highest BCUT2D eigenvalue weighted by atomic mass is 19.4. The molecule has 2 N–H and O–H groups in total. The molecule has 2 atom stereocenters. The van der Waals surface area contributed by atoms with E-state index in [-0.39, 0.29) is 35.5 Å². The van der Waals surface area contributed by atoms with Gasteiger partial charge in [-0.15, -0.1) is 0 Å². The number of nitrogens with one attached hydrogen (secondary N) is 2. The number of halogens is 6. The zero-order valence-electron chi connectivity index (χ0n) is 17.0. The lowest BCUT2D eigenvalue weighted by molar-refractivity contribution is -0.210. The molecule has 7 nitrogen and oxygen atoms in total. The average molecular weight is 487 g/mol. The molecule has 4 rings (SSSR count). The summed E-state index contributed by atoms with van der Waals surface area (Å²) in [4.78, 5) is 38.2. The van der Waals surface area contributed by atoms with E-state index >= 15 is 0 Å². The van der Waals surface area contributed by atoms with Gasteiger partial charge in [-0.3, -0.25) is 14.9 Å². The number of ether oxygens (including phenoxy) is 1. The molecule has 1 unspecified atom stereocenters. The maximum Gasteiger partial charge on any atom is 0.490 e. The summed E-state index contributed by atoms with van der Waals surface area (Å²) in [6, 6.07) is 6.81. The molecule has 2 aliphatic heterocycles. The third-order valence-corrected chi connectivity index (χ3v) is 5.35. The van der Waals surface area contributed by atoms with Gasteiger partial charge in [0.1, 0.15) is 0 Å². The van der Waals surface area contributed by atoms with Crippen LogP contribution in [0.2, 0.25) is 0 Å². The number of benzene rings is 2. The van der Waals surface area contributed by atoms with E-state index in [0.29, 0.717) is 0 Å². The molecular formula is C21H15F6N3O4. The molecule has 13 heteroatoms. The first-order valence-corrected chi connectivity index (χ1v) is 9.81. The molecule has 2 heterocycles. The van der Waals surface area contributed by atoms with Gasteiger partial charge in [0.2, 0.25) is 0 Å². The molecule has 2 amide bonds. The summed E-state index contributed by atoms with van der Waals surface area (Å²) in [6.07, 6.45) is -11.6. The minimum Gasteiger partial charge on any atom is -0.437 e. The number of anilines is 1. The van der Waals surface area contributed by atoms with Gasteiger partial charge in [0.05, 0.1) is 16.8 Å². The van der Waals surface area contributed by atoms with Crippen LogP contribution in [0, 0.1) is 0 Å². The van der Waals surface area contributed by atoms with Crippen molar-refractivity contribution in [2.24, 2.45) is 0 Å². The van der Waals surface area contributed by atoms with Crippen molar-refractivity contribution in [2.75, 3.05) is 18.4 Å². The van der Waals surface area contributed by atoms with E-state index in [4.69, 9.17) is 0 Å². The smallest absolute Gasteiger partial charge is 0.437 e. The molecule has 2 aromatic rings. The van der Waals surface area contributed by atoms with Crippen molar-refractivity contribution in [2.45, 2.75) is 24.6 Å². The lowest BCUT2D eigenvalue weighted by atomic mass is 9.99. The van der Waals surface area contributed by atoms with E-state index in [9.17, 15) is 40.7 Å². The van der Waals surface area contributed by atoms with Crippen LogP contribution < -0.4 is 10.6 Å².